The monoisotopic (exact) mass is 204 g/mol. The zero-order valence-electron chi connectivity index (χ0n) is 8.98. The summed E-state index contributed by atoms with van der Waals surface area (Å²) < 4.78 is 5.39. The number of benzene rings is 1. The molecule has 1 aromatic carbocycles. The van der Waals surface area contributed by atoms with Crippen LogP contribution in [0.2, 0.25) is 0 Å². The minimum absolute atomic E-state index is 0.136. The second kappa shape index (κ2) is 4.58. The number of carbonyl (C=O) groups excluding carboxylic acids is 1. The van der Waals surface area contributed by atoms with Crippen molar-refractivity contribution in [1.82, 2.24) is 0 Å². The van der Waals surface area contributed by atoms with Crippen molar-refractivity contribution in [3.63, 3.8) is 0 Å². The molecule has 1 aliphatic heterocycles. The number of unbranched alkanes of at least 4 members (excludes halogenated alkanes) is 1. The summed E-state index contributed by atoms with van der Waals surface area (Å²) in [5, 5.41) is 0. The van der Waals surface area contributed by atoms with Gasteiger partial charge in [-0.15, -0.1) is 0 Å². The van der Waals surface area contributed by atoms with Crippen LogP contribution in [0.1, 0.15) is 36.5 Å². The van der Waals surface area contributed by atoms with Gasteiger partial charge in [0.15, 0.2) is 5.78 Å². The second-order valence-corrected chi connectivity index (χ2v) is 3.97. The lowest BCUT2D eigenvalue weighted by atomic mass is 10.0. The summed E-state index contributed by atoms with van der Waals surface area (Å²) in [5.74, 6) is 0.136. The van der Waals surface area contributed by atoms with Gasteiger partial charge in [0.05, 0.1) is 6.10 Å². The van der Waals surface area contributed by atoms with Gasteiger partial charge in [0.25, 0.3) is 0 Å². The molecular formula is C13H16O2. The number of ether oxygens (including phenoxy) is 1. The second-order valence-electron chi connectivity index (χ2n) is 3.97. The average Bonchev–Trinajstić information content (AvgIpc) is 3.06. The Kier molecular flexibility index (Phi) is 3.17. The van der Waals surface area contributed by atoms with E-state index in [1.807, 2.05) is 30.3 Å². The third-order valence-electron chi connectivity index (χ3n) is 2.74. The van der Waals surface area contributed by atoms with Crippen LogP contribution in [0.25, 0.3) is 0 Å². The van der Waals surface area contributed by atoms with Crippen LogP contribution >= 0.6 is 0 Å². The predicted octanol–water partition coefficient (Wildman–Crippen LogP) is 2.83. The van der Waals surface area contributed by atoms with Crippen LogP contribution in [0.15, 0.2) is 30.3 Å². The molecule has 0 radical (unpaired) electrons. The summed E-state index contributed by atoms with van der Waals surface area (Å²) in [6, 6.07) is 9.38. The van der Waals surface area contributed by atoms with E-state index in [4.69, 9.17) is 4.74 Å². The highest BCUT2D eigenvalue weighted by Gasteiger charge is 2.44. The lowest BCUT2D eigenvalue weighted by molar-refractivity contribution is 0.0953. The lowest BCUT2D eigenvalue weighted by Gasteiger charge is -1.96. The zero-order valence-corrected chi connectivity index (χ0v) is 8.98. The fraction of sp³-hybridized carbons (Fsp3) is 0.462. The molecule has 0 N–H and O–H groups in total. The third-order valence-corrected chi connectivity index (χ3v) is 2.74. The van der Waals surface area contributed by atoms with Crippen molar-refractivity contribution in [2.24, 2.45) is 0 Å². The summed E-state index contributed by atoms with van der Waals surface area (Å²) in [5.41, 5.74) is 0.765. The Morgan fingerprint density at radius 1 is 1.33 bits per heavy atom. The van der Waals surface area contributed by atoms with Crippen LogP contribution in [-0.2, 0) is 4.74 Å². The average molecular weight is 204 g/mol. The molecule has 2 heteroatoms. The van der Waals surface area contributed by atoms with Gasteiger partial charge in [0, 0.05) is 5.56 Å². The van der Waals surface area contributed by atoms with Crippen LogP contribution in [0, 0.1) is 0 Å². The Labute approximate surface area is 90.3 Å². The molecule has 1 heterocycles. The Bertz CT molecular complexity index is 332. The van der Waals surface area contributed by atoms with E-state index in [9.17, 15) is 4.79 Å². The maximum absolute atomic E-state index is 11.9. The van der Waals surface area contributed by atoms with Gasteiger partial charge in [-0.1, -0.05) is 50.1 Å². The van der Waals surface area contributed by atoms with Gasteiger partial charge < -0.3 is 4.74 Å². The number of epoxide rings is 1. The molecule has 0 aromatic heterocycles. The summed E-state index contributed by atoms with van der Waals surface area (Å²) >= 11 is 0. The van der Waals surface area contributed by atoms with Gasteiger partial charge in [-0.05, 0) is 6.42 Å². The summed E-state index contributed by atoms with van der Waals surface area (Å²) in [7, 11) is 0. The number of rotatable bonds is 5. The van der Waals surface area contributed by atoms with E-state index in [0.29, 0.717) is 0 Å². The van der Waals surface area contributed by atoms with E-state index < -0.39 is 0 Å². The highest BCUT2D eigenvalue weighted by molar-refractivity contribution is 6.01. The van der Waals surface area contributed by atoms with E-state index in [1.54, 1.807) is 0 Å². The summed E-state index contributed by atoms with van der Waals surface area (Å²) in [4.78, 5) is 11.9. The minimum atomic E-state index is -0.168. The maximum Gasteiger partial charge on any atom is 0.194 e. The molecule has 0 unspecified atom stereocenters. The van der Waals surface area contributed by atoms with Crippen LogP contribution in [0.4, 0.5) is 0 Å². The smallest absolute Gasteiger partial charge is 0.194 e. The number of hydrogen-bond acceptors (Lipinski definition) is 2. The van der Waals surface area contributed by atoms with Crippen molar-refractivity contribution in [3.05, 3.63) is 35.9 Å². The third kappa shape index (κ3) is 2.45. The first-order valence-electron chi connectivity index (χ1n) is 5.57. The first-order chi connectivity index (χ1) is 7.33. The number of hydrogen-bond donors (Lipinski definition) is 0. The molecule has 80 valence electrons. The largest absolute Gasteiger partial charge is 0.361 e. The summed E-state index contributed by atoms with van der Waals surface area (Å²) in [6.45, 7) is 2.15. The van der Waals surface area contributed by atoms with Gasteiger partial charge in [-0.25, -0.2) is 0 Å². The summed E-state index contributed by atoms with van der Waals surface area (Å²) in [6.07, 6.45) is 3.33. The topological polar surface area (TPSA) is 29.6 Å². The molecule has 2 atom stereocenters. The van der Waals surface area contributed by atoms with E-state index in [2.05, 4.69) is 6.92 Å². The highest BCUT2D eigenvalue weighted by Crippen LogP contribution is 2.30. The van der Waals surface area contributed by atoms with Crippen molar-refractivity contribution in [2.75, 3.05) is 0 Å². The van der Waals surface area contributed by atoms with E-state index >= 15 is 0 Å². The molecule has 0 spiro atoms. The predicted molar refractivity (Wildman–Crippen MR) is 59.0 cm³/mol. The van der Waals surface area contributed by atoms with Crippen LogP contribution < -0.4 is 0 Å². The molecule has 0 bridgehead atoms. The Morgan fingerprint density at radius 2 is 2.07 bits per heavy atom. The molecule has 1 saturated heterocycles. The quantitative estimate of drug-likeness (QED) is 0.545. The normalized spacial score (nSPS) is 23.8. The van der Waals surface area contributed by atoms with E-state index in [0.717, 1.165) is 24.8 Å². The highest BCUT2D eigenvalue weighted by atomic mass is 16.6. The van der Waals surface area contributed by atoms with Gasteiger partial charge in [-0.3, -0.25) is 4.79 Å². The first kappa shape index (κ1) is 10.4. The number of ketones is 1. The Balaban J connectivity index is 1.89. The number of Topliss-reactive ketones (excluding diaryl/α,β-unsaturated/α-hetero) is 1. The Morgan fingerprint density at radius 3 is 2.73 bits per heavy atom. The Hall–Kier alpha value is -1.15. The molecule has 1 aromatic rings. The van der Waals surface area contributed by atoms with Crippen LogP contribution in [-0.4, -0.2) is 18.0 Å². The van der Waals surface area contributed by atoms with Crippen LogP contribution in [0.5, 0.6) is 0 Å². The van der Waals surface area contributed by atoms with Crippen molar-refractivity contribution < 1.29 is 9.53 Å². The lowest BCUT2D eigenvalue weighted by Crippen LogP contribution is -2.10. The van der Waals surface area contributed by atoms with Crippen molar-refractivity contribution in [2.45, 2.75) is 38.4 Å². The van der Waals surface area contributed by atoms with Crippen molar-refractivity contribution >= 4 is 5.78 Å². The standard InChI is InChI=1S/C13H16O2/c1-2-3-9-11-13(15-11)12(14)10-7-5-4-6-8-10/h4-8,11,13H,2-3,9H2,1H3/t11-,13-/m0/s1. The minimum Gasteiger partial charge on any atom is -0.361 e. The van der Waals surface area contributed by atoms with E-state index in [-0.39, 0.29) is 18.0 Å². The first-order valence-corrected chi connectivity index (χ1v) is 5.57. The maximum atomic E-state index is 11.9. The fourth-order valence-electron chi connectivity index (χ4n) is 1.76. The van der Waals surface area contributed by atoms with E-state index in [1.165, 1.54) is 0 Å². The fourth-order valence-corrected chi connectivity index (χ4v) is 1.76. The molecule has 0 saturated carbocycles. The molecule has 0 amide bonds. The molecule has 1 fully saturated rings. The molecule has 15 heavy (non-hydrogen) atoms. The van der Waals surface area contributed by atoms with Gasteiger partial charge in [0.1, 0.15) is 6.10 Å². The SMILES string of the molecule is CCCC[C@@H]1O[C@@H]1C(=O)c1ccccc1. The van der Waals surface area contributed by atoms with Crippen molar-refractivity contribution in [3.8, 4) is 0 Å². The molecule has 2 rings (SSSR count). The molecular weight excluding hydrogens is 188 g/mol. The van der Waals surface area contributed by atoms with Crippen LogP contribution in [0.3, 0.4) is 0 Å². The number of carbonyl (C=O) groups is 1. The van der Waals surface area contributed by atoms with Gasteiger partial charge >= 0.3 is 0 Å². The van der Waals surface area contributed by atoms with Gasteiger partial charge in [-0.2, -0.15) is 0 Å². The molecule has 1 aliphatic rings. The molecule has 2 nitrogen and oxygen atoms in total. The zero-order chi connectivity index (χ0) is 10.7. The van der Waals surface area contributed by atoms with Gasteiger partial charge in [0.2, 0.25) is 0 Å². The molecule has 0 aliphatic carbocycles. The van der Waals surface area contributed by atoms with Crippen molar-refractivity contribution in [1.29, 1.82) is 0 Å².